The van der Waals surface area contributed by atoms with Crippen molar-refractivity contribution in [1.82, 2.24) is 4.57 Å². The zero-order valence-corrected chi connectivity index (χ0v) is 40.1. The van der Waals surface area contributed by atoms with E-state index < -0.39 is 13.5 Å². The SMILES string of the molecule is C[Si]1(C)c2ccccc2C2(c3ccccc3-c3cccc4cccc2c34)c2ccc(N(c3ccc4c5ccccc5n(-c5ccccc5)c4c3)c3c(-c4ccccc4)cccc3-c3ccccc3)cc21. The van der Waals surface area contributed by atoms with Gasteiger partial charge >= 0.3 is 0 Å². The predicted molar refractivity (Wildman–Crippen MR) is 298 cm³/mol. The van der Waals surface area contributed by atoms with Gasteiger partial charge in [-0.25, -0.2) is 0 Å². The number of benzene rings is 11. The molecule has 11 aromatic carbocycles. The number of aromatic nitrogens is 1. The van der Waals surface area contributed by atoms with Crippen LogP contribution in [0.2, 0.25) is 13.1 Å². The Bertz CT molecular complexity index is 3980. The summed E-state index contributed by atoms with van der Waals surface area (Å²) in [7, 11) is -2.42. The van der Waals surface area contributed by atoms with E-state index in [-0.39, 0.29) is 0 Å². The molecule has 1 aliphatic heterocycles. The average Bonchev–Trinajstić information content (AvgIpc) is 3.75. The number of nitrogens with zero attached hydrogens (tertiary/aromatic N) is 2. The van der Waals surface area contributed by atoms with Crippen LogP contribution < -0.4 is 15.3 Å². The van der Waals surface area contributed by atoms with Gasteiger partial charge in [0.25, 0.3) is 0 Å². The Kier molecular flexibility index (Phi) is 8.99. The van der Waals surface area contributed by atoms with E-state index in [1.54, 1.807) is 0 Å². The van der Waals surface area contributed by atoms with Crippen molar-refractivity contribution in [2.45, 2.75) is 18.5 Å². The van der Waals surface area contributed by atoms with Crippen LogP contribution in [0.25, 0.3) is 71.6 Å². The summed E-state index contributed by atoms with van der Waals surface area (Å²) < 4.78 is 2.44. The Balaban J connectivity index is 1.11. The van der Waals surface area contributed by atoms with Crippen molar-refractivity contribution < 1.29 is 0 Å². The van der Waals surface area contributed by atoms with Gasteiger partial charge in [0.1, 0.15) is 8.07 Å². The predicted octanol–water partition coefficient (Wildman–Crippen LogP) is 16.2. The number of fused-ring (bicyclic) bond motifs is 11. The van der Waals surface area contributed by atoms with E-state index in [0.717, 1.165) is 22.7 Å². The fourth-order valence-electron chi connectivity index (χ4n) is 12.7. The van der Waals surface area contributed by atoms with Crippen LogP contribution in [0.1, 0.15) is 22.3 Å². The first kappa shape index (κ1) is 40.6. The second kappa shape index (κ2) is 15.5. The molecule has 1 aromatic heterocycles. The summed E-state index contributed by atoms with van der Waals surface area (Å²) in [5, 5.41) is 8.04. The molecule has 0 saturated carbocycles. The van der Waals surface area contributed by atoms with Gasteiger partial charge in [-0.2, -0.15) is 0 Å². The maximum absolute atomic E-state index is 2.61. The van der Waals surface area contributed by atoms with E-state index in [9.17, 15) is 0 Å². The molecule has 12 aromatic rings. The zero-order chi connectivity index (χ0) is 46.6. The highest BCUT2D eigenvalue weighted by atomic mass is 28.3. The molecule has 1 spiro atoms. The van der Waals surface area contributed by atoms with Crippen LogP contribution in [-0.4, -0.2) is 12.6 Å². The highest BCUT2D eigenvalue weighted by Gasteiger charge is 2.52. The number of hydrogen-bond acceptors (Lipinski definition) is 1. The van der Waals surface area contributed by atoms with Crippen LogP contribution in [0.3, 0.4) is 0 Å². The molecule has 2 aliphatic rings. The minimum absolute atomic E-state index is 0.533. The molecule has 1 atom stereocenters. The molecule has 0 bridgehead atoms. The number of hydrogen-bond donors (Lipinski definition) is 0. The quantitative estimate of drug-likeness (QED) is 0.151. The summed E-state index contributed by atoms with van der Waals surface area (Å²) in [6.07, 6.45) is 0. The number of rotatable bonds is 6. The molecule has 0 saturated heterocycles. The highest BCUT2D eigenvalue weighted by Crippen LogP contribution is 2.57. The summed E-state index contributed by atoms with van der Waals surface area (Å²) in [5.41, 5.74) is 19.2. The van der Waals surface area contributed by atoms with Crippen LogP contribution in [0.5, 0.6) is 0 Å². The second-order valence-electron chi connectivity index (χ2n) is 19.6. The lowest BCUT2D eigenvalue weighted by atomic mass is 9.59. The molecule has 70 heavy (non-hydrogen) atoms. The van der Waals surface area contributed by atoms with Crippen molar-refractivity contribution in [2.75, 3.05) is 4.90 Å². The van der Waals surface area contributed by atoms with Gasteiger partial charge in [0, 0.05) is 39.0 Å². The monoisotopic (exact) mass is 908 g/mol. The summed E-state index contributed by atoms with van der Waals surface area (Å²) in [4.78, 5) is 2.58. The lowest BCUT2D eigenvalue weighted by Gasteiger charge is -2.50. The maximum Gasteiger partial charge on any atom is 0.113 e. The molecule has 0 N–H and O–H groups in total. The fourth-order valence-corrected chi connectivity index (χ4v) is 15.9. The largest absolute Gasteiger partial charge is 0.309 e. The van der Waals surface area contributed by atoms with Crippen molar-refractivity contribution in [3.8, 4) is 39.1 Å². The maximum atomic E-state index is 2.61. The lowest BCUT2D eigenvalue weighted by molar-refractivity contribution is 0.754. The van der Waals surface area contributed by atoms with E-state index in [0.29, 0.717) is 0 Å². The Morgan fingerprint density at radius 2 is 0.900 bits per heavy atom. The van der Waals surface area contributed by atoms with Crippen LogP contribution >= 0.6 is 0 Å². The Morgan fingerprint density at radius 1 is 0.371 bits per heavy atom. The first-order chi connectivity index (χ1) is 34.5. The number of para-hydroxylation sites is 3. The van der Waals surface area contributed by atoms with Crippen LogP contribution in [-0.2, 0) is 5.41 Å². The van der Waals surface area contributed by atoms with Gasteiger partial charge in [0.2, 0.25) is 0 Å². The first-order valence-electron chi connectivity index (χ1n) is 24.5. The van der Waals surface area contributed by atoms with Crippen LogP contribution in [0, 0.1) is 0 Å². The summed E-state index contributed by atoms with van der Waals surface area (Å²) in [6.45, 7) is 5.15. The van der Waals surface area contributed by atoms with Crippen molar-refractivity contribution in [3.05, 3.63) is 277 Å². The molecule has 0 amide bonds. The molecule has 14 rings (SSSR count). The Hall–Kier alpha value is -8.50. The van der Waals surface area contributed by atoms with Crippen molar-refractivity contribution in [1.29, 1.82) is 0 Å². The van der Waals surface area contributed by atoms with Gasteiger partial charge in [-0.1, -0.05) is 225 Å². The lowest BCUT2D eigenvalue weighted by Crippen LogP contribution is -2.63. The fraction of sp³-hybridized carbons (Fsp3) is 0.0448. The average molecular weight is 909 g/mol. The molecular weight excluding hydrogens is 861 g/mol. The van der Waals surface area contributed by atoms with E-state index >= 15 is 0 Å². The zero-order valence-electron chi connectivity index (χ0n) is 39.1. The summed E-state index contributed by atoms with van der Waals surface area (Å²) in [6, 6.07) is 95.6. The number of anilines is 3. The van der Waals surface area contributed by atoms with Gasteiger partial charge in [-0.05, 0) is 108 Å². The normalized spacial score (nSPS) is 15.2. The molecule has 1 unspecified atom stereocenters. The van der Waals surface area contributed by atoms with Gasteiger partial charge in [-0.15, -0.1) is 0 Å². The van der Waals surface area contributed by atoms with Crippen molar-refractivity contribution in [3.63, 3.8) is 0 Å². The van der Waals surface area contributed by atoms with Crippen LogP contribution in [0.4, 0.5) is 17.1 Å². The van der Waals surface area contributed by atoms with Crippen molar-refractivity contribution >= 4 is 68.1 Å². The van der Waals surface area contributed by atoms with E-state index in [1.165, 1.54) is 98.6 Å². The van der Waals surface area contributed by atoms with Gasteiger partial charge in [-0.3, -0.25) is 0 Å². The van der Waals surface area contributed by atoms with E-state index in [2.05, 4.69) is 277 Å². The van der Waals surface area contributed by atoms with Gasteiger partial charge < -0.3 is 9.47 Å². The highest BCUT2D eigenvalue weighted by molar-refractivity contribution is 7.01. The Labute approximate surface area is 410 Å². The van der Waals surface area contributed by atoms with E-state index in [1.807, 2.05) is 0 Å². The molecule has 330 valence electrons. The smallest absolute Gasteiger partial charge is 0.113 e. The third-order valence-electron chi connectivity index (χ3n) is 15.6. The molecule has 2 heterocycles. The second-order valence-corrected chi connectivity index (χ2v) is 23.9. The minimum atomic E-state index is -2.42. The summed E-state index contributed by atoms with van der Waals surface area (Å²) >= 11 is 0. The minimum Gasteiger partial charge on any atom is -0.309 e. The molecule has 1 aliphatic carbocycles. The molecule has 0 radical (unpaired) electrons. The van der Waals surface area contributed by atoms with Crippen LogP contribution in [0.15, 0.2) is 255 Å². The van der Waals surface area contributed by atoms with Gasteiger partial charge in [0.05, 0.1) is 22.1 Å². The molecule has 0 fully saturated rings. The third kappa shape index (κ3) is 5.73. The first-order valence-corrected chi connectivity index (χ1v) is 27.5. The molecular formula is C67H48N2Si. The van der Waals surface area contributed by atoms with E-state index in [4.69, 9.17) is 0 Å². The molecule has 3 heteroatoms. The van der Waals surface area contributed by atoms with Crippen molar-refractivity contribution in [2.24, 2.45) is 0 Å². The Morgan fingerprint density at radius 3 is 1.66 bits per heavy atom. The summed E-state index contributed by atoms with van der Waals surface area (Å²) in [5.74, 6) is 0. The topological polar surface area (TPSA) is 8.17 Å². The third-order valence-corrected chi connectivity index (χ3v) is 19.2. The standard InChI is InChI=1S/C67H48N2Si/c1-70(2)63-38-17-15-35-58(63)67(57-34-14-12-29-53(57)56-33-18-25-47-26-19-36-60(67)65(47)56)59-42-40-50(44-64(59)70)68(66-51(45-21-6-3-7-22-45)31-20-32-52(66)46-23-8-4-9-24-46)49-39-41-55-54-30-13-16-37-61(54)69(62(55)43-49)48-27-10-5-11-28-48/h3-44H,1-2H3. The molecule has 2 nitrogen and oxygen atoms in total. The van der Waals surface area contributed by atoms with Gasteiger partial charge in [0.15, 0.2) is 0 Å².